The lowest BCUT2D eigenvalue weighted by molar-refractivity contribution is 0.287. The van der Waals surface area contributed by atoms with Crippen LogP contribution >= 0.6 is 0 Å². The summed E-state index contributed by atoms with van der Waals surface area (Å²) in [7, 11) is 0. The Labute approximate surface area is 70.4 Å². The highest BCUT2D eigenvalue weighted by Crippen LogP contribution is 2.54. The molecule has 0 aliphatic heterocycles. The van der Waals surface area contributed by atoms with E-state index in [1.807, 2.05) is 0 Å². The summed E-state index contributed by atoms with van der Waals surface area (Å²) >= 11 is 0. The minimum absolute atomic E-state index is 0.832. The molecule has 0 aromatic carbocycles. The van der Waals surface area contributed by atoms with Gasteiger partial charge in [0.25, 0.3) is 0 Å². The fourth-order valence-corrected chi connectivity index (χ4v) is 3.40. The van der Waals surface area contributed by atoms with Gasteiger partial charge in [0.1, 0.15) is 0 Å². The van der Waals surface area contributed by atoms with Crippen molar-refractivity contribution in [1.29, 1.82) is 0 Å². The normalized spacial score (nSPS) is 50.7. The van der Waals surface area contributed by atoms with Gasteiger partial charge in [-0.15, -0.1) is 0 Å². The summed E-state index contributed by atoms with van der Waals surface area (Å²) in [4.78, 5) is 0. The van der Waals surface area contributed by atoms with Crippen molar-refractivity contribution >= 4 is 0 Å². The molecule has 2 atom stereocenters. The predicted octanol–water partition coefficient (Wildman–Crippen LogP) is 3.61. The van der Waals surface area contributed by atoms with E-state index in [2.05, 4.69) is 13.8 Å². The zero-order chi connectivity index (χ0) is 7.90. The Kier molecular flexibility index (Phi) is 1.74. The molecule has 2 rings (SSSR count). The van der Waals surface area contributed by atoms with Crippen LogP contribution < -0.4 is 0 Å². The third kappa shape index (κ3) is 1.32. The Morgan fingerprint density at radius 2 is 1.36 bits per heavy atom. The van der Waals surface area contributed by atoms with Gasteiger partial charge in [-0.2, -0.15) is 0 Å². The molecule has 0 heteroatoms. The zero-order valence-electron chi connectivity index (χ0n) is 7.90. The van der Waals surface area contributed by atoms with Gasteiger partial charge in [0.2, 0.25) is 0 Å². The van der Waals surface area contributed by atoms with Crippen LogP contribution in [0.25, 0.3) is 0 Å². The Morgan fingerprint density at radius 1 is 0.909 bits per heavy atom. The molecule has 2 aliphatic rings. The Bertz CT molecular complexity index is 130. The molecule has 0 radical (unpaired) electrons. The summed E-state index contributed by atoms with van der Waals surface area (Å²) in [5, 5.41) is 0. The maximum absolute atomic E-state index is 2.43. The van der Waals surface area contributed by atoms with E-state index in [9.17, 15) is 0 Å². The van der Waals surface area contributed by atoms with Crippen molar-refractivity contribution in [1.82, 2.24) is 0 Å². The molecule has 64 valence electrons. The van der Waals surface area contributed by atoms with Crippen LogP contribution in [-0.2, 0) is 0 Å². The molecular formula is C11H20. The lowest BCUT2D eigenvalue weighted by Gasteiger charge is -2.22. The van der Waals surface area contributed by atoms with Crippen molar-refractivity contribution in [2.45, 2.75) is 52.4 Å². The van der Waals surface area contributed by atoms with Crippen molar-refractivity contribution in [3.05, 3.63) is 0 Å². The lowest BCUT2D eigenvalue weighted by Crippen LogP contribution is -2.11. The third-order valence-electron chi connectivity index (χ3n) is 3.90. The van der Waals surface area contributed by atoms with Crippen molar-refractivity contribution in [3.8, 4) is 0 Å². The average molecular weight is 152 g/mol. The standard InChI is InChI=1S/C11H20/c1-9-3-5-11(7-9)6-4-10(2)8-11/h9-10H,3-8H2,1-2H3. The van der Waals surface area contributed by atoms with E-state index >= 15 is 0 Å². The highest BCUT2D eigenvalue weighted by Gasteiger charge is 2.41. The SMILES string of the molecule is CC1CCC2(CCC(C)C2)C1. The van der Waals surface area contributed by atoms with E-state index in [0.29, 0.717) is 0 Å². The summed E-state index contributed by atoms with van der Waals surface area (Å²) in [5.41, 5.74) is 0.832. The van der Waals surface area contributed by atoms with Crippen molar-refractivity contribution in [2.75, 3.05) is 0 Å². The van der Waals surface area contributed by atoms with Gasteiger partial charge in [-0.1, -0.05) is 26.7 Å². The molecule has 0 nitrogen and oxygen atoms in total. The van der Waals surface area contributed by atoms with E-state index in [4.69, 9.17) is 0 Å². The molecule has 0 saturated heterocycles. The van der Waals surface area contributed by atoms with Crippen LogP contribution in [-0.4, -0.2) is 0 Å². The Balaban J connectivity index is 2.02. The lowest BCUT2D eigenvalue weighted by atomic mass is 9.83. The van der Waals surface area contributed by atoms with Crippen LogP contribution in [0.2, 0.25) is 0 Å². The summed E-state index contributed by atoms with van der Waals surface area (Å²) in [6, 6.07) is 0. The molecular weight excluding hydrogens is 132 g/mol. The largest absolute Gasteiger partial charge is 0.0625 e. The average Bonchev–Trinajstić information content (AvgIpc) is 2.44. The van der Waals surface area contributed by atoms with Crippen LogP contribution in [0.1, 0.15) is 52.4 Å². The molecule has 2 aliphatic carbocycles. The first-order valence-corrected chi connectivity index (χ1v) is 5.20. The van der Waals surface area contributed by atoms with Crippen LogP contribution in [0, 0.1) is 17.3 Å². The van der Waals surface area contributed by atoms with Crippen molar-refractivity contribution in [3.63, 3.8) is 0 Å². The smallest absolute Gasteiger partial charge is 0.0292 e. The first kappa shape index (κ1) is 7.64. The summed E-state index contributed by atoms with van der Waals surface area (Å²) < 4.78 is 0. The van der Waals surface area contributed by atoms with Gasteiger partial charge in [0, 0.05) is 0 Å². The van der Waals surface area contributed by atoms with E-state index in [1.165, 1.54) is 25.7 Å². The molecule has 2 fully saturated rings. The molecule has 1 spiro atoms. The van der Waals surface area contributed by atoms with Gasteiger partial charge >= 0.3 is 0 Å². The predicted molar refractivity (Wildman–Crippen MR) is 48.5 cm³/mol. The Morgan fingerprint density at radius 3 is 1.64 bits per heavy atom. The highest BCUT2D eigenvalue weighted by atomic mass is 14.5. The molecule has 0 bridgehead atoms. The Hall–Kier alpha value is 0. The molecule has 0 aromatic heterocycles. The molecule has 11 heavy (non-hydrogen) atoms. The summed E-state index contributed by atoms with van der Waals surface area (Å²) in [5.74, 6) is 2.06. The summed E-state index contributed by atoms with van der Waals surface area (Å²) in [6.45, 7) is 4.86. The van der Waals surface area contributed by atoms with Gasteiger partial charge in [-0.3, -0.25) is 0 Å². The van der Waals surface area contributed by atoms with Crippen molar-refractivity contribution in [2.24, 2.45) is 17.3 Å². The zero-order valence-corrected chi connectivity index (χ0v) is 7.90. The number of hydrogen-bond donors (Lipinski definition) is 0. The monoisotopic (exact) mass is 152 g/mol. The molecule has 0 N–H and O–H groups in total. The highest BCUT2D eigenvalue weighted by molar-refractivity contribution is 4.93. The second-order valence-electron chi connectivity index (χ2n) is 5.20. The van der Waals surface area contributed by atoms with Gasteiger partial charge in [-0.05, 0) is 42.9 Å². The second-order valence-corrected chi connectivity index (χ2v) is 5.20. The molecule has 0 amide bonds. The van der Waals surface area contributed by atoms with Crippen LogP contribution in [0.15, 0.2) is 0 Å². The van der Waals surface area contributed by atoms with Crippen LogP contribution in [0.4, 0.5) is 0 Å². The van der Waals surface area contributed by atoms with Gasteiger partial charge < -0.3 is 0 Å². The number of hydrogen-bond acceptors (Lipinski definition) is 0. The minimum atomic E-state index is 0.832. The van der Waals surface area contributed by atoms with E-state index in [1.54, 1.807) is 12.8 Å². The van der Waals surface area contributed by atoms with Gasteiger partial charge in [-0.25, -0.2) is 0 Å². The van der Waals surface area contributed by atoms with E-state index in [0.717, 1.165) is 17.3 Å². The maximum atomic E-state index is 2.43. The van der Waals surface area contributed by atoms with Crippen LogP contribution in [0.5, 0.6) is 0 Å². The van der Waals surface area contributed by atoms with Crippen LogP contribution in [0.3, 0.4) is 0 Å². The second kappa shape index (κ2) is 2.50. The first-order chi connectivity index (χ1) is 5.20. The van der Waals surface area contributed by atoms with Gasteiger partial charge in [0.15, 0.2) is 0 Å². The molecule has 2 unspecified atom stereocenters. The molecule has 0 heterocycles. The fourth-order valence-electron chi connectivity index (χ4n) is 3.40. The third-order valence-corrected chi connectivity index (χ3v) is 3.90. The maximum Gasteiger partial charge on any atom is -0.0292 e. The fraction of sp³-hybridized carbons (Fsp3) is 1.00. The quantitative estimate of drug-likeness (QED) is 0.497. The minimum Gasteiger partial charge on any atom is -0.0625 e. The topological polar surface area (TPSA) is 0 Å². The summed E-state index contributed by atoms with van der Waals surface area (Å²) in [6.07, 6.45) is 9.17. The first-order valence-electron chi connectivity index (χ1n) is 5.20. The van der Waals surface area contributed by atoms with Gasteiger partial charge in [0.05, 0.1) is 0 Å². The molecule has 0 aromatic rings. The molecule has 2 saturated carbocycles. The van der Waals surface area contributed by atoms with E-state index < -0.39 is 0 Å². The van der Waals surface area contributed by atoms with E-state index in [-0.39, 0.29) is 0 Å². The number of rotatable bonds is 0. The van der Waals surface area contributed by atoms with Crippen molar-refractivity contribution < 1.29 is 0 Å².